The Morgan fingerprint density at radius 1 is 1.35 bits per heavy atom. The summed E-state index contributed by atoms with van der Waals surface area (Å²) >= 11 is 1.14. The van der Waals surface area contributed by atoms with E-state index >= 15 is 0 Å². The van der Waals surface area contributed by atoms with Crippen LogP contribution in [-0.4, -0.2) is 22.3 Å². The molecule has 1 aromatic heterocycles. The smallest absolute Gasteiger partial charge is 0.213 e. The van der Waals surface area contributed by atoms with Crippen molar-refractivity contribution >= 4 is 34.7 Å². The van der Waals surface area contributed by atoms with Crippen LogP contribution >= 0.6 is 11.3 Å². The maximum absolute atomic E-state index is 12.0. The minimum atomic E-state index is -0.174. The highest BCUT2D eigenvalue weighted by molar-refractivity contribution is 7.17. The van der Waals surface area contributed by atoms with Gasteiger partial charge in [-0.2, -0.15) is 0 Å². The van der Waals surface area contributed by atoms with Crippen LogP contribution in [0.5, 0.6) is 5.75 Å². The van der Waals surface area contributed by atoms with Gasteiger partial charge in [0.2, 0.25) is 6.41 Å². The van der Waals surface area contributed by atoms with Crippen LogP contribution in [0.25, 0.3) is 6.08 Å². The predicted molar refractivity (Wildman–Crippen MR) is 78.0 cm³/mol. The molecule has 0 spiro atoms. The van der Waals surface area contributed by atoms with E-state index < -0.39 is 0 Å². The largest absolute Gasteiger partial charge is 0.508 e. The SMILES string of the molecule is Cc1nc(NC=O)sc1C(=O)C=Cc1ccc(O)cc1. The number of ketones is 1. The first-order chi connectivity index (χ1) is 9.60. The number of rotatable bonds is 5. The molecule has 1 amide bonds. The first kappa shape index (κ1) is 14.0. The molecule has 0 saturated heterocycles. The summed E-state index contributed by atoms with van der Waals surface area (Å²) in [5, 5.41) is 12.0. The molecule has 2 N–H and O–H groups in total. The Morgan fingerprint density at radius 3 is 2.70 bits per heavy atom. The van der Waals surface area contributed by atoms with Crippen molar-refractivity contribution in [2.75, 3.05) is 5.32 Å². The molecule has 0 aliphatic heterocycles. The summed E-state index contributed by atoms with van der Waals surface area (Å²) in [5.41, 5.74) is 1.39. The second kappa shape index (κ2) is 6.12. The lowest BCUT2D eigenvalue weighted by molar-refractivity contribution is -0.105. The molecule has 2 aromatic rings. The van der Waals surface area contributed by atoms with Crippen LogP contribution < -0.4 is 5.32 Å². The van der Waals surface area contributed by atoms with Gasteiger partial charge in [0.05, 0.1) is 10.6 Å². The van der Waals surface area contributed by atoms with E-state index in [-0.39, 0.29) is 11.5 Å². The molecule has 20 heavy (non-hydrogen) atoms. The number of phenolic OH excluding ortho intramolecular Hbond substituents is 1. The van der Waals surface area contributed by atoms with Crippen molar-refractivity contribution in [1.82, 2.24) is 4.98 Å². The van der Waals surface area contributed by atoms with Gasteiger partial charge in [-0.25, -0.2) is 4.98 Å². The topological polar surface area (TPSA) is 79.3 Å². The molecule has 2 rings (SSSR count). The molecule has 1 heterocycles. The number of aryl methyl sites for hydroxylation is 1. The number of phenols is 1. The van der Waals surface area contributed by atoms with Crippen molar-refractivity contribution in [1.29, 1.82) is 0 Å². The number of benzene rings is 1. The number of nitrogens with one attached hydrogen (secondary N) is 1. The lowest BCUT2D eigenvalue weighted by Gasteiger charge is -1.94. The maximum Gasteiger partial charge on any atom is 0.213 e. The second-order valence-corrected chi connectivity index (χ2v) is 4.98. The fourth-order valence-corrected chi connectivity index (χ4v) is 2.42. The van der Waals surface area contributed by atoms with Crippen LogP contribution in [0.15, 0.2) is 30.3 Å². The van der Waals surface area contributed by atoms with Crippen molar-refractivity contribution in [2.24, 2.45) is 0 Å². The second-order valence-electron chi connectivity index (χ2n) is 3.98. The van der Waals surface area contributed by atoms with Gasteiger partial charge in [0.15, 0.2) is 10.9 Å². The van der Waals surface area contributed by atoms with Gasteiger partial charge < -0.3 is 10.4 Å². The van der Waals surface area contributed by atoms with Gasteiger partial charge in [-0.05, 0) is 30.7 Å². The minimum absolute atomic E-state index is 0.174. The van der Waals surface area contributed by atoms with Crippen LogP contribution in [0, 0.1) is 6.92 Å². The number of aromatic nitrogens is 1. The summed E-state index contributed by atoms with van der Waals surface area (Å²) in [5.74, 6) is 0.00313. The molecular weight excluding hydrogens is 276 g/mol. The zero-order valence-electron chi connectivity index (χ0n) is 10.7. The zero-order valence-corrected chi connectivity index (χ0v) is 11.5. The van der Waals surface area contributed by atoms with Gasteiger partial charge in [-0.1, -0.05) is 29.5 Å². The third-order valence-electron chi connectivity index (χ3n) is 2.52. The number of thiazole rings is 1. The number of nitrogens with zero attached hydrogens (tertiary/aromatic N) is 1. The molecule has 1 aromatic carbocycles. The Labute approximate surface area is 119 Å². The number of carbonyl (C=O) groups is 2. The van der Waals surface area contributed by atoms with Gasteiger partial charge in [-0.3, -0.25) is 9.59 Å². The zero-order chi connectivity index (χ0) is 14.5. The summed E-state index contributed by atoms with van der Waals surface area (Å²) < 4.78 is 0. The van der Waals surface area contributed by atoms with Crippen molar-refractivity contribution in [3.63, 3.8) is 0 Å². The standard InChI is InChI=1S/C14H12N2O3S/c1-9-13(20-14(16-9)15-8-17)12(19)7-4-10-2-5-11(18)6-3-10/h2-8,18H,1H3,(H,15,16,17). The van der Waals surface area contributed by atoms with E-state index in [1.54, 1.807) is 37.3 Å². The number of aromatic hydroxyl groups is 1. The van der Waals surface area contributed by atoms with Gasteiger partial charge in [0, 0.05) is 0 Å². The summed E-state index contributed by atoms with van der Waals surface area (Å²) in [7, 11) is 0. The maximum atomic E-state index is 12.0. The molecule has 5 nitrogen and oxygen atoms in total. The van der Waals surface area contributed by atoms with Crippen molar-refractivity contribution in [3.05, 3.63) is 46.5 Å². The molecule has 0 fully saturated rings. The first-order valence-corrected chi connectivity index (χ1v) is 6.61. The van der Waals surface area contributed by atoms with Crippen LogP contribution in [-0.2, 0) is 4.79 Å². The van der Waals surface area contributed by atoms with Crippen LogP contribution in [0.2, 0.25) is 0 Å². The molecule has 0 radical (unpaired) electrons. The highest BCUT2D eigenvalue weighted by Crippen LogP contribution is 2.23. The number of hydrogen-bond acceptors (Lipinski definition) is 5. The number of anilines is 1. The van der Waals surface area contributed by atoms with Gasteiger partial charge in [0.25, 0.3) is 0 Å². The first-order valence-electron chi connectivity index (χ1n) is 5.79. The van der Waals surface area contributed by atoms with Gasteiger partial charge in [0.1, 0.15) is 5.75 Å². The molecule has 0 saturated carbocycles. The number of carbonyl (C=O) groups excluding carboxylic acids is 2. The fourth-order valence-electron chi connectivity index (χ4n) is 1.57. The molecule has 0 aliphatic carbocycles. The lowest BCUT2D eigenvalue weighted by atomic mass is 10.1. The number of hydrogen-bond donors (Lipinski definition) is 2. The van der Waals surface area contributed by atoms with E-state index in [0.29, 0.717) is 22.1 Å². The lowest BCUT2D eigenvalue weighted by Crippen LogP contribution is -1.93. The quantitative estimate of drug-likeness (QED) is 0.503. The van der Waals surface area contributed by atoms with Crippen molar-refractivity contribution in [3.8, 4) is 5.75 Å². The summed E-state index contributed by atoms with van der Waals surface area (Å²) in [6.07, 6.45) is 3.63. The van der Waals surface area contributed by atoms with Crippen molar-refractivity contribution < 1.29 is 14.7 Å². The van der Waals surface area contributed by atoms with Gasteiger partial charge >= 0.3 is 0 Å². The van der Waals surface area contributed by atoms with E-state index in [4.69, 9.17) is 5.11 Å². The summed E-state index contributed by atoms with van der Waals surface area (Å²) in [4.78, 5) is 26.9. The highest BCUT2D eigenvalue weighted by Gasteiger charge is 2.12. The molecule has 0 atom stereocenters. The van der Waals surface area contributed by atoms with Crippen LogP contribution in [0.4, 0.5) is 5.13 Å². The molecule has 0 aliphatic rings. The average molecular weight is 288 g/mol. The van der Waals surface area contributed by atoms with E-state index in [9.17, 15) is 9.59 Å². The van der Waals surface area contributed by atoms with Crippen LogP contribution in [0.1, 0.15) is 20.9 Å². The van der Waals surface area contributed by atoms with E-state index in [2.05, 4.69) is 10.3 Å². The van der Waals surface area contributed by atoms with E-state index in [0.717, 1.165) is 16.9 Å². The molecule has 0 bridgehead atoms. The van der Waals surface area contributed by atoms with Crippen LogP contribution in [0.3, 0.4) is 0 Å². The third kappa shape index (κ3) is 3.30. The Morgan fingerprint density at radius 2 is 2.05 bits per heavy atom. The molecule has 0 unspecified atom stereocenters. The Hall–Kier alpha value is -2.47. The average Bonchev–Trinajstić information content (AvgIpc) is 2.79. The number of amides is 1. The number of allylic oxidation sites excluding steroid dienone is 1. The Balaban J connectivity index is 2.15. The molecular formula is C14H12N2O3S. The van der Waals surface area contributed by atoms with E-state index in [1.807, 2.05) is 0 Å². The fraction of sp³-hybridized carbons (Fsp3) is 0.0714. The van der Waals surface area contributed by atoms with Crippen molar-refractivity contribution in [2.45, 2.75) is 6.92 Å². The molecule has 102 valence electrons. The normalized spacial score (nSPS) is 10.7. The van der Waals surface area contributed by atoms with E-state index in [1.165, 1.54) is 6.08 Å². The summed E-state index contributed by atoms with van der Waals surface area (Å²) in [6.45, 7) is 1.72. The molecule has 6 heteroatoms. The van der Waals surface area contributed by atoms with Gasteiger partial charge in [-0.15, -0.1) is 0 Å². The predicted octanol–water partition coefficient (Wildman–Crippen LogP) is 2.62. The summed E-state index contributed by atoms with van der Waals surface area (Å²) in [6, 6.07) is 6.51. The Kier molecular flexibility index (Phi) is 4.27. The highest BCUT2D eigenvalue weighted by atomic mass is 32.1. The monoisotopic (exact) mass is 288 g/mol. The Bertz CT molecular complexity index is 660. The minimum Gasteiger partial charge on any atom is -0.508 e. The third-order valence-corrected chi connectivity index (χ3v) is 3.63.